The number of nitrogens with two attached hydrogens (primary N) is 1. The second-order valence-corrected chi connectivity index (χ2v) is 3.25. The molecule has 0 aliphatic rings. The van der Waals surface area contributed by atoms with Crippen molar-refractivity contribution in [2.24, 2.45) is 5.73 Å². The van der Waals surface area contributed by atoms with Crippen molar-refractivity contribution in [3.8, 4) is 0 Å². The molecule has 4 nitrogen and oxygen atoms in total. The first-order valence-corrected chi connectivity index (χ1v) is 4.20. The van der Waals surface area contributed by atoms with E-state index < -0.39 is 0 Å². The summed E-state index contributed by atoms with van der Waals surface area (Å²) in [5, 5.41) is 0. The maximum Gasteiger partial charge on any atom is 0.335 e. The Labute approximate surface area is 79.3 Å². The van der Waals surface area contributed by atoms with Crippen LogP contribution in [0.2, 0.25) is 0 Å². The molecule has 0 rings (SSSR count). The maximum absolute atomic E-state index is 11.2. The van der Waals surface area contributed by atoms with Gasteiger partial charge in [-0.1, -0.05) is 0 Å². The molecule has 76 valence electrons. The van der Waals surface area contributed by atoms with Crippen LogP contribution < -0.4 is 5.73 Å². The van der Waals surface area contributed by atoms with Crippen molar-refractivity contribution in [3.63, 3.8) is 0 Å². The number of carbonyl (C=O) groups excluding carboxylic acids is 1. The van der Waals surface area contributed by atoms with Crippen molar-refractivity contribution in [1.82, 2.24) is 4.90 Å². The monoisotopic (exact) mass is 186 g/mol. The summed E-state index contributed by atoms with van der Waals surface area (Å²) in [5.41, 5.74) is 6.43. The quantitative estimate of drug-likeness (QED) is 0.508. The number of ether oxygens (including phenoxy) is 1. The lowest BCUT2D eigenvalue weighted by Crippen LogP contribution is -2.21. The van der Waals surface area contributed by atoms with Crippen LogP contribution in [0.25, 0.3) is 0 Å². The number of esters is 1. The summed E-state index contributed by atoms with van der Waals surface area (Å²) in [6, 6.07) is 0. The van der Waals surface area contributed by atoms with E-state index in [-0.39, 0.29) is 5.97 Å². The van der Waals surface area contributed by atoms with Crippen molar-refractivity contribution >= 4 is 5.97 Å². The fourth-order valence-electron chi connectivity index (χ4n) is 0.590. The van der Waals surface area contributed by atoms with Crippen molar-refractivity contribution < 1.29 is 9.53 Å². The van der Waals surface area contributed by atoms with E-state index in [1.165, 1.54) is 0 Å². The highest BCUT2D eigenvalue weighted by molar-refractivity contribution is 5.88. The highest BCUT2D eigenvalue weighted by Gasteiger charge is 2.07. The van der Waals surface area contributed by atoms with Crippen LogP contribution >= 0.6 is 0 Å². The van der Waals surface area contributed by atoms with Crippen LogP contribution in [0.5, 0.6) is 0 Å². The maximum atomic E-state index is 11.2. The van der Waals surface area contributed by atoms with E-state index in [1.54, 1.807) is 13.8 Å². The van der Waals surface area contributed by atoms with E-state index in [4.69, 9.17) is 10.5 Å². The molecule has 0 unspecified atom stereocenters. The minimum atomic E-state index is -0.332. The molecule has 0 spiro atoms. The zero-order valence-electron chi connectivity index (χ0n) is 8.76. The highest BCUT2D eigenvalue weighted by atomic mass is 16.5. The van der Waals surface area contributed by atoms with Crippen LogP contribution in [0.1, 0.15) is 13.8 Å². The van der Waals surface area contributed by atoms with Gasteiger partial charge in [0.2, 0.25) is 0 Å². The number of hydrogen-bond acceptors (Lipinski definition) is 4. The first-order chi connectivity index (χ1) is 5.95. The fraction of sp³-hybridized carbons (Fsp3) is 0.667. The van der Waals surface area contributed by atoms with Gasteiger partial charge in [0, 0.05) is 12.2 Å². The zero-order valence-corrected chi connectivity index (χ0v) is 8.76. The molecule has 0 amide bonds. The second kappa shape index (κ2) is 5.59. The molecule has 0 fully saturated rings. The van der Waals surface area contributed by atoms with Crippen molar-refractivity contribution in [3.05, 3.63) is 11.3 Å². The lowest BCUT2D eigenvalue weighted by atomic mass is 10.2. The van der Waals surface area contributed by atoms with Crippen molar-refractivity contribution in [1.29, 1.82) is 0 Å². The van der Waals surface area contributed by atoms with Crippen LogP contribution in [-0.4, -0.2) is 38.1 Å². The Balaban J connectivity index is 3.83. The molecule has 0 saturated carbocycles. The number of rotatable bonds is 4. The molecule has 0 heterocycles. The Kier molecular flexibility index (Phi) is 5.14. The van der Waals surface area contributed by atoms with Crippen LogP contribution in [0.4, 0.5) is 0 Å². The number of nitrogens with zero attached hydrogens (tertiary/aromatic N) is 1. The smallest absolute Gasteiger partial charge is 0.335 e. The Bertz CT molecular complexity index is 206. The lowest BCUT2D eigenvalue weighted by Gasteiger charge is -2.10. The molecule has 0 aromatic heterocycles. The minimum absolute atomic E-state index is 0.332. The summed E-state index contributed by atoms with van der Waals surface area (Å²) < 4.78 is 4.96. The summed E-state index contributed by atoms with van der Waals surface area (Å²) >= 11 is 0. The van der Waals surface area contributed by atoms with Crippen LogP contribution in [-0.2, 0) is 9.53 Å². The van der Waals surface area contributed by atoms with Gasteiger partial charge in [0.15, 0.2) is 0 Å². The third-order valence-corrected chi connectivity index (χ3v) is 1.67. The predicted octanol–water partition coefficient (Wildman–Crippen LogP) is 0.344. The minimum Gasteiger partial charge on any atom is -0.461 e. The molecule has 0 saturated heterocycles. The van der Waals surface area contributed by atoms with E-state index in [2.05, 4.69) is 0 Å². The first-order valence-electron chi connectivity index (χ1n) is 4.20. The second-order valence-electron chi connectivity index (χ2n) is 3.25. The molecule has 2 N–H and O–H groups in total. The molecule has 0 aliphatic heterocycles. The average molecular weight is 186 g/mol. The zero-order chi connectivity index (χ0) is 10.4. The SMILES string of the molecule is CC(N)=C(C)C(=O)OCCN(C)C. The Morgan fingerprint density at radius 3 is 2.31 bits per heavy atom. The predicted molar refractivity (Wildman–Crippen MR) is 52.1 cm³/mol. The Morgan fingerprint density at radius 1 is 1.38 bits per heavy atom. The van der Waals surface area contributed by atoms with Gasteiger partial charge in [-0.3, -0.25) is 0 Å². The number of allylic oxidation sites excluding steroid dienone is 1. The Hall–Kier alpha value is -1.03. The van der Waals surface area contributed by atoms with Crippen LogP contribution in [0.3, 0.4) is 0 Å². The molecular formula is C9H18N2O2. The molecule has 0 aliphatic carbocycles. The lowest BCUT2D eigenvalue weighted by molar-refractivity contribution is -0.139. The summed E-state index contributed by atoms with van der Waals surface area (Å²) in [6.45, 7) is 4.47. The largest absolute Gasteiger partial charge is 0.461 e. The van der Waals surface area contributed by atoms with Crippen molar-refractivity contribution in [2.45, 2.75) is 13.8 Å². The third kappa shape index (κ3) is 5.25. The highest BCUT2D eigenvalue weighted by Crippen LogP contribution is 1.99. The molecule has 0 aromatic rings. The van der Waals surface area contributed by atoms with Gasteiger partial charge in [0.1, 0.15) is 6.61 Å². The Morgan fingerprint density at radius 2 is 1.92 bits per heavy atom. The van der Waals surface area contributed by atoms with Crippen molar-refractivity contribution in [2.75, 3.05) is 27.2 Å². The van der Waals surface area contributed by atoms with Gasteiger partial charge >= 0.3 is 5.97 Å². The number of hydrogen-bond donors (Lipinski definition) is 1. The van der Waals surface area contributed by atoms with Crippen LogP contribution in [0.15, 0.2) is 11.3 Å². The van der Waals surface area contributed by atoms with Gasteiger partial charge in [-0.2, -0.15) is 0 Å². The van der Waals surface area contributed by atoms with Gasteiger partial charge in [-0.05, 0) is 27.9 Å². The molecule has 4 heteroatoms. The number of likely N-dealkylation sites (N-methyl/N-ethyl adjacent to an activating group) is 1. The van der Waals surface area contributed by atoms with Gasteiger partial charge in [0.05, 0.1) is 5.57 Å². The molecule has 0 aromatic carbocycles. The topological polar surface area (TPSA) is 55.6 Å². The molecule has 13 heavy (non-hydrogen) atoms. The summed E-state index contributed by atoms with van der Waals surface area (Å²) in [7, 11) is 3.84. The molecule has 0 bridgehead atoms. The molecule has 0 atom stereocenters. The van der Waals surface area contributed by atoms with E-state index >= 15 is 0 Å². The first kappa shape index (κ1) is 12.0. The van der Waals surface area contributed by atoms with Gasteiger partial charge < -0.3 is 15.4 Å². The average Bonchev–Trinajstić information content (AvgIpc) is 2.02. The fourth-order valence-corrected chi connectivity index (χ4v) is 0.590. The van der Waals surface area contributed by atoms with Gasteiger partial charge in [-0.25, -0.2) is 4.79 Å². The summed E-state index contributed by atoms with van der Waals surface area (Å²) in [6.07, 6.45) is 0. The van der Waals surface area contributed by atoms with E-state index in [0.29, 0.717) is 17.9 Å². The van der Waals surface area contributed by atoms with Gasteiger partial charge in [-0.15, -0.1) is 0 Å². The standard InChI is InChI=1S/C9H18N2O2/c1-7(8(2)10)9(12)13-6-5-11(3)4/h5-6,10H2,1-4H3. The van der Waals surface area contributed by atoms with E-state index in [1.807, 2.05) is 19.0 Å². The molecular weight excluding hydrogens is 168 g/mol. The van der Waals surface area contributed by atoms with Gasteiger partial charge in [0.25, 0.3) is 0 Å². The normalized spacial score (nSPS) is 12.7. The third-order valence-electron chi connectivity index (χ3n) is 1.67. The summed E-state index contributed by atoms with van der Waals surface area (Å²) in [4.78, 5) is 13.1. The summed E-state index contributed by atoms with van der Waals surface area (Å²) in [5.74, 6) is -0.332. The van der Waals surface area contributed by atoms with E-state index in [9.17, 15) is 4.79 Å². The molecule has 0 radical (unpaired) electrons. The van der Waals surface area contributed by atoms with E-state index in [0.717, 1.165) is 6.54 Å². The number of carbonyl (C=O) groups is 1. The van der Waals surface area contributed by atoms with Crippen LogP contribution in [0, 0.1) is 0 Å².